The minimum absolute atomic E-state index is 0.109. The standard InChI is InChI=1S/C10H14INO/c1-7(2)12-10-4-3-8(6-13)5-9(10)11/h3-5,7,12-13H,6H2,1-2H3. The molecule has 0 aliphatic heterocycles. The summed E-state index contributed by atoms with van der Waals surface area (Å²) < 4.78 is 1.15. The molecule has 0 saturated carbocycles. The summed E-state index contributed by atoms with van der Waals surface area (Å²) in [6.07, 6.45) is 0. The van der Waals surface area contributed by atoms with Gasteiger partial charge in [-0.2, -0.15) is 0 Å². The van der Waals surface area contributed by atoms with Gasteiger partial charge in [0.2, 0.25) is 0 Å². The molecule has 0 fully saturated rings. The van der Waals surface area contributed by atoms with Gasteiger partial charge >= 0.3 is 0 Å². The fourth-order valence-electron chi connectivity index (χ4n) is 1.09. The van der Waals surface area contributed by atoms with Crippen LogP contribution in [-0.4, -0.2) is 11.1 Å². The number of rotatable bonds is 3. The molecule has 0 radical (unpaired) electrons. The summed E-state index contributed by atoms with van der Waals surface area (Å²) in [5, 5.41) is 12.2. The molecule has 13 heavy (non-hydrogen) atoms. The summed E-state index contributed by atoms with van der Waals surface area (Å²) in [7, 11) is 0. The lowest BCUT2D eigenvalue weighted by Crippen LogP contribution is -2.10. The highest BCUT2D eigenvalue weighted by atomic mass is 127. The Hall–Kier alpha value is -0.290. The van der Waals surface area contributed by atoms with Crippen molar-refractivity contribution >= 4 is 28.3 Å². The summed E-state index contributed by atoms with van der Waals surface area (Å²) in [6.45, 7) is 4.32. The molecular weight excluding hydrogens is 277 g/mol. The highest BCUT2D eigenvalue weighted by molar-refractivity contribution is 14.1. The Kier molecular flexibility index (Phi) is 3.99. The number of aliphatic hydroxyl groups excluding tert-OH is 1. The van der Waals surface area contributed by atoms with Crippen LogP contribution in [0.5, 0.6) is 0 Å². The molecule has 3 heteroatoms. The van der Waals surface area contributed by atoms with Gasteiger partial charge in [-0.15, -0.1) is 0 Å². The van der Waals surface area contributed by atoms with Crippen LogP contribution >= 0.6 is 22.6 Å². The van der Waals surface area contributed by atoms with Crippen LogP contribution in [0.15, 0.2) is 18.2 Å². The number of anilines is 1. The summed E-state index contributed by atoms with van der Waals surface area (Å²) in [4.78, 5) is 0. The molecule has 0 aromatic heterocycles. The normalized spacial score (nSPS) is 10.5. The Morgan fingerprint density at radius 3 is 2.62 bits per heavy atom. The maximum absolute atomic E-state index is 8.91. The van der Waals surface area contributed by atoms with Crippen LogP contribution in [0.4, 0.5) is 5.69 Å². The fourth-order valence-corrected chi connectivity index (χ4v) is 1.82. The van der Waals surface area contributed by atoms with E-state index in [4.69, 9.17) is 5.11 Å². The summed E-state index contributed by atoms with van der Waals surface area (Å²) in [5.74, 6) is 0. The van der Waals surface area contributed by atoms with Crippen molar-refractivity contribution in [3.05, 3.63) is 27.3 Å². The van der Waals surface area contributed by atoms with E-state index in [-0.39, 0.29) is 6.61 Å². The first kappa shape index (κ1) is 10.8. The lowest BCUT2D eigenvalue weighted by Gasteiger charge is -2.12. The molecule has 2 N–H and O–H groups in total. The van der Waals surface area contributed by atoms with Gasteiger partial charge in [0.25, 0.3) is 0 Å². The molecule has 0 spiro atoms. The zero-order valence-electron chi connectivity index (χ0n) is 7.84. The lowest BCUT2D eigenvalue weighted by atomic mass is 10.2. The fraction of sp³-hybridized carbons (Fsp3) is 0.400. The second-order valence-corrected chi connectivity index (χ2v) is 4.43. The van der Waals surface area contributed by atoms with Crippen molar-refractivity contribution in [3.63, 3.8) is 0 Å². The van der Waals surface area contributed by atoms with Crippen LogP contribution in [0.1, 0.15) is 19.4 Å². The summed E-state index contributed by atoms with van der Waals surface area (Å²) in [6, 6.07) is 6.37. The van der Waals surface area contributed by atoms with E-state index in [0.717, 1.165) is 14.8 Å². The van der Waals surface area contributed by atoms with Gasteiger partial charge in [-0.3, -0.25) is 0 Å². The first-order valence-electron chi connectivity index (χ1n) is 4.29. The smallest absolute Gasteiger partial charge is 0.0682 e. The van der Waals surface area contributed by atoms with E-state index in [0.29, 0.717) is 6.04 Å². The number of hydrogen-bond acceptors (Lipinski definition) is 2. The monoisotopic (exact) mass is 291 g/mol. The number of halogens is 1. The van der Waals surface area contributed by atoms with Crippen molar-refractivity contribution in [2.45, 2.75) is 26.5 Å². The molecule has 0 aliphatic carbocycles. The average Bonchev–Trinajstić information content (AvgIpc) is 2.08. The molecule has 0 aliphatic rings. The van der Waals surface area contributed by atoms with Gasteiger partial charge in [-0.1, -0.05) is 6.07 Å². The second-order valence-electron chi connectivity index (χ2n) is 3.27. The molecule has 0 saturated heterocycles. The van der Waals surface area contributed by atoms with E-state index in [1.807, 2.05) is 18.2 Å². The highest BCUT2D eigenvalue weighted by Crippen LogP contribution is 2.20. The van der Waals surface area contributed by atoms with Crippen molar-refractivity contribution in [3.8, 4) is 0 Å². The Morgan fingerprint density at radius 1 is 1.46 bits per heavy atom. The Morgan fingerprint density at radius 2 is 2.15 bits per heavy atom. The van der Waals surface area contributed by atoms with Crippen LogP contribution in [0.3, 0.4) is 0 Å². The van der Waals surface area contributed by atoms with Crippen molar-refractivity contribution < 1.29 is 5.11 Å². The quantitative estimate of drug-likeness (QED) is 0.839. The minimum Gasteiger partial charge on any atom is -0.392 e. The molecule has 1 aromatic carbocycles. The predicted octanol–water partition coefficient (Wildman–Crippen LogP) is 2.60. The van der Waals surface area contributed by atoms with Crippen LogP contribution < -0.4 is 5.32 Å². The van der Waals surface area contributed by atoms with Crippen molar-refractivity contribution in [1.29, 1.82) is 0 Å². The van der Waals surface area contributed by atoms with Crippen LogP contribution in [0.2, 0.25) is 0 Å². The van der Waals surface area contributed by atoms with Gasteiger partial charge in [-0.05, 0) is 54.1 Å². The average molecular weight is 291 g/mol. The molecule has 0 unspecified atom stereocenters. The van der Waals surface area contributed by atoms with Gasteiger partial charge in [0, 0.05) is 15.3 Å². The molecule has 72 valence electrons. The molecule has 1 rings (SSSR count). The SMILES string of the molecule is CC(C)Nc1ccc(CO)cc1I. The number of aliphatic hydroxyl groups is 1. The number of benzene rings is 1. The zero-order chi connectivity index (χ0) is 9.84. The lowest BCUT2D eigenvalue weighted by molar-refractivity contribution is 0.282. The predicted molar refractivity (Wildman–Crippen MR) is 63.8 cm³/mol. The maximum Gasteiger partial charge on any atom is 0.0682 e. The van der Waals surface area contributed by atoms with E-state index >= 15 is 0 Å². The third-order valence-corrected chi connectivity index (χ3v) is 2.55. The van der Waals surface area contributed by atoms with E-state index in [1.54, 1.807) is 0 Å². The molecule has 0 atom stereocenters. The largest absolute Gasteiger partial charge is 0.392 e. The molecular formula is C10H14INO. The molecule has 0 amide bonds. The Balaban J connectivity index is 2.85. The topological polar surface area (TPSA) is 32.3 Å². The van der Waals surface area contributed by atoms with E-state index in [2.05, 4.69) is 41.8 Å². The van der Waals surface area contributed by atoms with Gasteiger partial charge < -0.3 is 10.4 Å². The van der Waals surface area contributed by atoms with Gasteiger partial charge in [0.1, 0.15) is 0 Å². The first-order chi connectivity index (χ1) is 6.13. The van der Waals surface area contributed by atoms with E-state index in [1.165, 1.54) is 0 Å². The Bertz CT molecular complexity index is 286. The van der Waals surface area contributed by atoms with Crippen LogP contribution in [0, 0.1) is 3.57 Å². The molecule has 0 bridgehead atoms. The minimum atomic E-state index is 0.109. The molecule has 0 heterocycles. The summed E-state index contributed by atoms with van der Waals surface area (Å²) in [5.41, 5.74) is 2.09. The third-order valence-electron chi connectivity index (χ3n) is 1.66. The van der Waals surface area contributed by atoms with Gasteiger partial charge in [0.15, 0.2) is 0 Å². The van der Waals surface area contributed by atoms with Crippen molar-refractivity contribution in [2.24, 2.45) is 0 Å². The molecule has 2 nitrogen and oxygen atoms in total. The second kappa shape index (κ2) is 4.81. The van der Waals surface area contributed by atoms with Crippen molar-refractivity contribution in [1.82, 2.24) is 0 Å². The molecule has 1 aromatic rings. The maximum atomic E-state index is 8.91. The third kappa shape index (κ3) is 3.15. The van der Waals surface area contributed by atoms with Crippen molar-refractivity contribution in [2.75, 3.05) is 5.32 Å². The highest BCUT2D eigenvalue weighted by Gasteiger charge is 2.01. The van der Waals surface area contributed by atoms with E-state index < -0.39 is 0 Å². The summed E-state index contributed by atoms with van der Waals surface area (Å²) >= 11 is 2.27. The van der Waals surface area contributed by atoms with Crippen LogP contribution in [-0.2, 0) is 6.61 Å². The Labute approximate surface area is 92.5 Å². The van der Waals surface area contributed by atoms with E-state index in [9.17, 15) is 0 Å². The van der Waals surface area contributed by atoms with Gasteiger partial charge in [0.05, 0.1) is 6.61 Å². The number of hydrogen-bond donors (Lipinski definition) is 2. The van der Waals surface area contributed by atoms with Crippen LogP contribution in [0.25, 0.3) is 0 Å². The zero-order valence-corrected chi connectivity index (χ0v) is 10.00. The number of nitrogens with one attached hydrogen (secondary N) is 1. The van der Waals surface area contributed by atoms with Gasteiger partial charge in [-0.25, -0.2) is 0 Å². The first-order valence-corrected chi connectivity index (χ1v) is 5.37.